The normalized spacial score (nSPS) is 12.2. The summed E-state index contributed by atoms with van der Waals surface area (Å²) in [6, 6.07) is 13.3. The van der Waals surface area contributed by atoms with Crippen LogP contribution in [0, 0.1) is 0 Å². The van der Waals surface area contributed by atoms with E-state index in [0.29, 0.717) is 17.9 Å². The smallest absolute Gasteiger partial charge is 0.255 e. The van der Waals surface area contributed by atoms with Crippen molar-refractivity contribution in [2.45, 2.75) is 57.8 Å². The Kier molecular flexibility index (Phi) is 6.98. The molecule has 0 bridgehead atoms. The average Bonchev–Trinajstić information content (AvgIpc) is 2.58. The van der Waals surface area contributed by atoms with Crippen LogP contribution < -0.4 is 10.0 Å². The lowest BCUT2D eigenvalue weighted by Gasteiger charge is -2.20. The number of hydrogen-bond donors (Lipinski definition) is 2. The van der Waals surface area contributed by atoms with Gasteiger partial charge in [-0.3, -0.25) is 4.79 Å². The van der Waals surface area contributed by atoms with Gasteiger partial charge >= 0.3 is 0 Å². The van der Waals surface area contributed by atoms with E-state index in [-0.39, 0.29) is 16.9 Å². The van der Waals surface area contributed by atoms with Gasteiger partial charge in [0.15, 0.2) is 0 Å². The van der Waals surface area contributed by atoms with Gasteiger partial charge in [-0.15, -0.1) is 0 Å². The number of nitrogens with one attached hydrogen (secondary N) is 2. The average molecular weight is 405 g/mol. The van der Waals surface area contributed by atoms with E-state index in [4.69, 9.17) is 4.74 Å². The first-order valence-electron chi connectivity index (χ1n) is 9.12. The minimum Gasteiger partial charge on any atom is -0.374 e. The van der Waals surface area contributed by atoms with Crippen LogP contribution in [0.2, 0.25) is 0 Å². The van der Waals surface area contributed by atoms with Gasteiger partial charge in [0.05, 0.1) is 17.6 Å². The second kappa shape index (κ2) is 8.86. The summed E-state index contributed by atoms with van der Waals surface area (Å²) in [7, 11) is -3.68. The predicted molar refractivity (Wildman–Crippen MR) is 111 cm³/mol. The molecule has 6 nitrogen and oxygen atoms in total. The van der Waals surface area contributed by atoms with Gasteiger partial charge in [0.25, 0.3) is 5.91 Å². The molecule has 2 N–H and O–H groups in total. The fraction of sp³-hybridized carbons (Fsp3) is 0.381. The van der Waals surface area contributed by atoms with Gasteiger partial charge in [0.2, 0.25) is 10.0 Å². The first-order chi connectivity index (χ1) is 13.0. The van der Waals surface area contributed by atoms with Crippen molar-refractivity contribution < 1.29 is 17.9 Å². The van der Waals surface area contributed by atoms with Gasteiger partial charge in [0.1, 0.15) is 0 Å². The van der Waals surface area contributed by atoms with E-state index in [1.807, 2.05) is 26.0 Å². The van der Waals surface area contributed by atoms with Gasteiger partial charge in [-0.2, -0.15) is 0 Å². The number of carbonyl (C=O) groups is 1. The number of amides is 1. The molecule has 0 saturated carbocycles. The minimum absolute atomic E-state index is 0.0985. The molecule has 0 fully saturated rings. The van der Waals surface area contributed by atoms with Crippen LogP contribution in [-0.2, 0) is 21.4 Å². The third-order valence-electron chi connectivity index (χ3n) is 3.64. The molecule has 0 aromatic heterocycles. The summed E-state index contributed by atoms with van der Waals surface area (Å²) in [6.45, 7) is 9.73. The van der Waals surface area contributed by atoms with Crippen molar-refractivity contribution in [3.05, 3.63) is 59.7 Å². The van der Waals surface area contributed by atoms with Gasteiger partial charge in [-0.25, -0.2) is 13.1 Å². The number of carbonyl (C=O) groups excluding carboxylic acids is 1. The number of benzene rings is 2. The van der Waals surface area contributed by atoms with Crippen molar-refractivity contribution in [1.29, 1.82) is 0 Å². The maximum atomic E-state index is 12.5. The molecule has 152 valence electrons. The van der Waals surface area contributed by atoms with E-state index in [9.17, 15) is 13.2 Å². The van der Waals surface area contributed by atoms with Crippen LogP contribution in [0.1, 0.15) is 50.5 Å². The molecule has 2 aromatic rings. The van der Waals surface area contributed by atoms with Crippen molar-refractivity contribution in [2.24, 2.45) is 0 Å². The van der Waals surface area contributed by atoms with E-state index < -0.39 is 15.6 Å². The molecule has 0 aliphatic rings. The summed E-state index contributed by atoms with van der Waals surface area (Å²) in [5.74, 6) is -0.311. The molecule has 0 spiro atoms. The monoisotopic (exact) mass is 404 g/mol. The van der Waals surface area contributed by atoms with Gasteiger partial charge in [-0.05, 0) is 70.5 Å². The SMILES string of the molecule is CC(C)OCc1ccc(C(=O)Nc2cccc(S(=O)(=O)NC(C)(C)C)c2)cc1. The topological polar surface area (TPSA) is 84.5 Å². The molecule has 2 rings (SSSR count). The lowest BCUT2D eigenvalue weighted by atomic mass is 10.1. The molecule has 7 heteroatoms. The molecular formula is C21H28N2O4S. The third-order valence-corrected chi connectivity index (χ3v) is 5.40. The van der Waals surface area contributed by atoms with Crippen LogP contribution in [0.3, 0.4) is 0 Å². The van der Waals surface area contributed by atoms with Crippen LogP contribution in [0.4, 0.5) is 5.69 Å². The number of ether oxygens (including phenoxy) is 1. The van der Waals surface area contributed by atoms with Gasteiger partial charge in [-0.1, -0.05) is 18.2 Å². The second-order valence-corrected chi connectivity index (χ2v) is 9.58. The Hall–Kier alpha value is -2.22. The highest BCUT2D eigenvalue weighted by molar-refractivity contribution is 7.89. The summed E-state index contributed by atoms with van der Waals surface area (Å²) in [5.41, 5.74) is 1.27. The molecular weight excluding hydrogens is 376 g/mol. The van der Waals surface area contributed by atoms with Crippen molar-refractivity contribution in [3.8, 4) is 0 Å². The van der Waals surface area contributed by atoms with Gasteiger partial charge < -0.3 is 10.1 Å². The first kappa shape index (κ1) is 22.1. The van der Waals surface area contributed by atoms with E-state index in [0.717, 1.165) is 5.56 Å². The van der Waals surface area contributed by atoms with Crippen LogP contribution in [0.25, 0.3) is 0 Å². The predicted octanol–water partition coefficient (Wildman–Crippen LogP) is 3.94. The second-order valence-electron chi connectivity index (χ2n) is 7.89. The Labute approximate surface area is 167 Å². The van der Waals surface area contributed by atoms with Crippen LogP contribution in [0.15, 0.2) is 53.4 Å². The summed E-state index contributed by atoms with van der Waals surface area (Å²) < 4.78 is 33.1. The Balaban J connectivity index is 2.10. The molecule has 0 aliphatic carbocycles. The number of sulfonamides is 1. The highest BCUT2D eigenvalue weighted by Crippen LogP contribution is 2.18. The van der Waals surface area contributed by atoms with Crippen molar-refractivity contribution in [1.82, 2.24) is 4.72 Å². The van der Waals surface area contributed by atoms with Crippen LogP contribution >= 0.6 is 0 Å². The lowest BCUT2D eigenvalue weighted by molar-refractivity contribution is 0.0657. The lowest BCUT2D eigenvalue weighted by Crippen LogP contribution is -2.40. The number of rotatable bonds is 7. The molecule has 2 aromatic carbocycles. The highest BCUT2D eigenvalue weighted by atomic mass is 32.2. The van der Waals surface area contributed by atoms with Crippen LogP contribution in [0.5, 0.6) is 0 Å². The quantitative estimate of drug-likeness (QED) is 0.732. The molecule has 0 atom stereocenters. The van der Waals surface area contributed by atoms with E-state index in [1.165, 1.54) is 12.1 Å². The van der Waals surface area contributed by atoms with Crippen molar-refractivity contribution in [2.75, 3.05) is 5.32 Å². The Bertz CT molecular complexity index is 914. The molecule has 1 amide bonds. The molecule has 0 heterocycles. The summed E-state index contributed by atoms with van der Waals surface area (Å²) >= 11 is 0. The fourth-order valence-electron chi connectivity index (χ4n) is 2.42. The number of anilines is 1. The highest BCUT2D eigenvalue weighted by Gasteiger charge is 2.22. The Morgan fingerprint density at radius 3 is 2.29 bits per heavy atom. The maximum absolute atomic E-state index is 12.5. The molecule has 0 aliphatic heterocycles. The van der Waals surface area contributed by atoms with Crippen LogP contribution in [-0.4, -0.2) is 26.0 Å². The first-order valence-corrected chi connectivity index (χ1v) is 10.6. The standard InChI is InChI=1S/C21H28N2O4S/c1-15(2)27-14-16-9-11-17(12-10-16)20(24)22-18-7-6-8-19(13-18)28(25,26)23-21(3,4)5/h6-13,15,23H,14H2,1-5H3,(H,22,24). The Morgan fingerprint density at radius 2 is 1.71 bits per heavy atom. The van der Waals surface area contributed by atoms with E-state index in [1.54, 1.807) is 45.0 Å². The molecule has 28 heavy (non-hydrogen) atoms. The molecule has 0 saturated heterocycles. The summed E-state index contributed by atoms with van der Waals surface area (Å²) in [4.78, 5) is 12.6. The zero-order chi connectivity index (χ0) is 20.9. The molecule has 0 radical (unpaired) electrons. The summed E-state index contributed by atoms with van der Waals surface area (Å²) in [5, 5.41) is 2.74. The summed E-state index contributed by atoms with van der Waals surface area (Å²) in [6.07, 6.45) is 0.138. The van der Waals surface area contributed by atoms with Crippen molar-refractivity contribution in [3.63, 3.8) is 0 Å². The molecule has 0 unspecified atom stereocenters. The minimum atomic E-state index is -3.68. The zero-order valence-electron chi connectivity index (χ0n) is 16.9. The van der Waals surface area contributed by atoms with E-state index >= 15 is 0 Å². The Morgan fingerprint density at radius 1 is 1.07 bits per heavy atom. The largest absolute Gasteiger partial charge is 0.374 e. The fourth-order valence-corrected chi connectivity index (χ4v) is 3.89. The van der Waals surface area contributed by atoms with E-state index in [2.05, 4.69) is 10.0 Å². The third kappa shape index (κ3) is 6.74. The maximum Gasteiger partial charge on any atom is 0.255 e. The van der Waals surface area contributed by atoms with Crippen molar-refractivity contribution >= 4 is 21.6 Å². The zero-order valence-corrected chi connectivity index (χ0v) is 17.8. The van der Waals surface area contributed by atoms with Gasteiger partial charge in [0, 0.05) is 16.8 Å². The number of hydrogen-bond acceptors (Lipinski definition) is 4.